The van der Waals surface area contributed by atoms with Crippen LogP contribution in [0.1, 0.15) is 52.2 Å². The number of amides is 1. The first kappa shape index (κ1) is 18.7. The van der Waals surface area contributed by atoms with Gasteiger partial charge in [-0.25, -0.2) is 4.79 Å². The maximum absolute atomic E-state index is 12.4. The number of aromatic nitrogens is 2. The van der Waals surface area contributed by atoms with E-state index in [4.69, 9.17) is 4.74 Å². The van der Waals surface area contributed by atoms with Crippen molar-refractivity contribution in [3.05, 3.63) is 18.0 Å². The highest BCUT2D eigenvalue weighted by Gasteiger charge is 2.35. The summed E-state index contributed by atoms with van der Waals surface area (Å²) < 4.78 is 7.17. The van der Waals surface area contributed by atoms with Crippen LogP contribution in [0.3, 0.4) is 0 Å². The van der Waals surface area contributed by atoms with Crippen LogP contribution in [0.5, 0.6) is 0 Å². The molecule has 1 aromatic heterocycles. The lowest BCUT2D eigenvalue weighted by molar-refractivity contribution is 0.0197. The van der Waals surface area contributed by atoms with Crippen LogP contribution in [0.25, 0.3) is 0 Å². The Morgan fingerprint density at radius 3 is 2.83 bits per heavy atom. The average Bonchev–Trinajstić information content (AvgIpc) is 3.11. The van der Waals surface area contributed by atoms with Gasteiger partial charge in [0.05, 0.1) is 18.3 Å². The lowest BCUT2D eigenvalue weighted by Gasteiger charge is -2.32. The quantitative estimate of drug-likeness (QED) is 0.856. The largest absolute Gasteiger partial charge is 0.444 e. The fraction of sp³-hybridized carbons (Fsp3) is 0.765. The molecule has 2 N–H and O–H groups in total. The van der Waals surface area contributed by atoms with Crippen molar-refractivity contribution in [3.63, 3.8) is 0 Å². The van der Waals surface area contributed by atoms with Gasteiger partial charge in [0, 0.05) is 37.9 Å². The molecule has 3 atom stereocenters. The fourth-order valence-electron chi connectivity index (χ4n) is 3.02. The predicted molar refractivity (Wildman–Crippen MR) is 91.6 cm³/mol. The Labute approximate surface area is 144 Å². The van der Waals surface area contributed by atoms with Crippen molar-refractivity contribution < 1.29 is 14.6 Å². The summed E-state index contributed by atoms with van der Waals surface area (Å²) in [5.41, 5.74) is 0.296. The van der Waals surface area contributed by atoms with Gasteiger partial charge in [-0.2, -0.15) is 5.10 Å². The molecule has 0 saturated carbocycles. The van der Waals surface area contributed by atoms with Crippen molar-refractivity contribution in [2.75, 3.05) is 13.1 Å². The topological polar surface area (TPSA) is 79.6 Å². The molecule has 0 spiro atoms. The highest BCUT2D eigenvalue weighted by molar-refractivity contribution is 5.69. The molecule has 2 heterocycles. The van der Waals surface area contributed by atoms with Crippen molar-refractivity contribution in [2.24, 2.45) is 7.05 Å². The second kappa shape index (κ2) is 7.53. The Bertz CT molecular complexity index is 552. The standard InChI is InChI=1S/C17H30N4O3/c1-12(18-10-15(22)13-9-19-20(5)11-13)14-7-6-8-21(14)16(23)24-17(2,3)4/h9,11-12,14-15,18,22H,6-8,10H2,1-5H3/t12?,14-,15?/m1/s1. The minimum Gasteiger partial charge on any atom is -0.444 e. The van der Waals surface area contributed by atoms with Gasteiger partial charge in [0.25, 0.3) is 0 Å². The van der Waals surface area contributed by atoms with E-state index in [0.717, 1.165) is 24.9 Å². The minimum atomic E-state index is -0.613. The number of aliphatic hydroxyl groups excluding tert-OH is 1. The zero-order valence-corrected chi connectivity index (χ0v) is 15.3. The molecular weight excluding hydrogens is 308 g/mol. The summed E-state index contributed by atoms with van der Waals surface area (Å²) in [5, 5.41) is 17.6. The van der Waals surface area contributed by atoms with Crippen LogP contribution in [-0.4, -0.2) is 56.7 Å². The number of likely N-dealkylation sites (tertiary alicyclic amines) is 1. The van der Waals surface area contributed by atoms with E-state index in [1.165, 1.54) is 0 Å². The summed E-state index contributed by atoms with van der Waals surface area (Å²) in [4.78, 5) is 14.2. The van der Waals surface area contributed by atoms with E-state index in [9.17, 15) is 9.90 Å². The Morgan fingerprint density at radius 2 is 2.25 bits per heavy atom. The molecule has 136 valence electrons. The molecule has 0 aromatic carbocycles. The minimum absolute atomic E-state index is 0.0753. The van der Waals surface area contributed by atoms with Crippen LogP contribution < -0.4 is 5.32 Å². The molecule has 0 radical (unpaired) electrons. The maximum Gasteiger partial charge on any atom is 0.410 e. The van der Waals surface area contributed by atoms with Gasteiger partial charge in [0.1, 0.15) is 5.60 Å². The molecule has 0 bridgehead atoms. The number of rotatable bonds is 5. The third-order valence-corrected chi connectivity index (χ3v) is 4.25. The summed E-state index contributed by atoms with van der Waals surface area (Å²) in [6.45, 7) is 8.82. The van der Waals surface area contributed by atoms with E-state index in [0.29, 0.717) is 6.54 Å². The Balaban J connectivity index is 1.88. The third-order valence-electron chi connectivity index (χ3n) is 4.25. The van der Waals surface area contributed by atoms with Crippen LogP contribution >= 0.6 is 0 Å². The maximum atomic E-state index is 12.4. The van der Waals surface area contributed by atoms with E-state index in [-0.39, 0.29) is 18.2 Å². The number of carbonyl (C=O) groups excluding carboxylic acids is 1. The molecule has 7 nitrogen and oxygen atoms in total. The zero-order chi connectivity index (χ0) is 17.9. The number of nitrogens with zero attached hydrogens (tertiary/aromatic N) is 3. The molecule has 2 unspecified atom stereocenters. The molecule has 7 heteroatoms. The van der Waals surface area contributed by atoms with E-state index in [1.807, 2.05) is 34.7 Å². The van der Waals surface area contributed by atoms with E-state index in [1.54, 1.807) is 22.0 Å². The fourth-order valence-corrected chi connectivity index (χ4v) is 3.02. The van der Waals surface area contributed by atoms with Gasteiger partial charge in [-0.1, -0.05) is 0 Å². The molecule has 1 aliphatic rings. The van der Waals surface area contributed by atoms with Gasteiger partial charge < -0.3 is 20.1 Å². The average molecular weight is 338 g/mol. The molecule has 2 rings (SSSR count). The number of aryl methyl sites for hydroxylation is 1. The molecule has 0 aliphatic carbocycles. The van der Waals surface area contributed by atoms with Crippen LogP contribution in [0, 0.1) is 0 Å². The van der Waals surface area contributed by atoms with Crippen molar-refractivity contribution in [1.82, 2.24) is 20.0 Å². The molecule has 1 saturated heterocycles. The normalized spacial score (nSPS) is 20.9. The molecular formula is C17H30N4O3. The second-order valence-corrected chi connectivity index (χ2v) is 7.54. The van der Waals surface area contributed by atoms with Crippen molar-refractivity contribution >= 4 is 6.09 Å². The molecule has 1 amide bonds. The van der Waals surface area contributed by atoms with E-state index < -0.39 is 11.7 Å². The summed E-state index contributed by atoms with van der Waals surface area (Å²) >= 11 is 0. The molecule has 1 aliphatic heterocycles. The number of ether oxygens (including phenoxy) is 1. The second-order valence-electron chi connectivity index (χ2n) is 7.54. The van der Waals surface area contributed by atoms with Gasteiger partial charge in [0.2, 0.25) is 0 Å². The third kappa shape index (κ3) is 4.95. The number of carbonyl (C=O) groups is 1. The number of hydrogen-bond donors (Lipinski definition) is 2. The van der Waals surface area contributed by atoms with E-state index in [2.05, 4.69) is 10.4 Å². The highest BCUT2D eigenvalue weighted by atomic mass is 16.6. The van der Waals surface area contributed by atoms with Crippen LogP contribution in [0.15, 0.2) is 12.4 Å². The Hall–Kier alpha value is -1.60. The first-order chi connectivity index (χ1) is 11.2. The number of hydrogen-bond acceptors (Lipinski definition) is 5. The summed E-state index contributed by atoms with van der Waals surface area (Å²) in [5.74, 6) is 0. The first-order valence-corrected chi connectivity index (χ1v) is 8.57. The van der Waals surface area contributed by atoms with Crippen molar-refractivity contribution in [3.8, 4) is 0 Å². The van der Waals surface area contributed by atoms with Gasteiger partial charge in [0.15, 0.2) is 0 Å². The van der Waals surface area contributed by atoms with Crippen molar-refractivity contribution in [2.45, 2.75) is 64.3 Å². The van der Waals surface area contributed by atoms with Gasteiger partial charge in [-0.3, -0.25) is 4.68 Å². The SMILES string of the molecule is CC(NCC(O)c1cnn(C)c1)[C@H]1CCCN1C(=O)OC(C)(C)C. The number of aliphatic hydroxyl groups is 1. The molecule has 1 aromatic rings. The van der Waals surface area contributed by atoms with Gasteiger partial charge in [-0.05, 0) is 40.5 Å². The first-order valence-electron chi connectivity index (χ1n) is 8.57. The lowest BCUT2D eigenvalue weighted by atomic mass is 10.1. The zero-order valence-electron chi connectivity index (χ0n) is 15.3. The van der Waals surface area contributed by atoms with Gasteiger partial charge in [-0.15, -0.1) is 0 Å². The molecule has 1 fully saturated rings. The monoisotopic (exact) mass is 338 g/mol. The summed E-state index contributed by atoms with van der Waals surface area (Å²) in [7, 11) is 1.82. The number of nitrogens with one attached hydrogen (secondary N) is 1. The Morgan fingerprint density at radius 1 is 1.54 bits per heavy atom. The van der Waals surface area contributed by atoms with Crippen LogP contribution in [0.2, 0.25) is 0 Å². The van der Waals surface area contributed by atoms with Gasteiger partial charge >= 0.3 is 6.09 Å². The summed E-state index contributed by atoms with van der Waals surface area (Å²) in [6.07, 6.45) is 4.51. The lowest BCUT2D eigenvalue weighted by Crippen LogP contribution is -2.49. The summed E-state index contributed by atoms with van der Waals surface area (Å²) in [6, 6.07) is 0.160. The van der Waals surface area contributed by atoms with Crippen LogP contribution in [0.4, 0.5) is 4.79 Å². The molecule has 24 heavy (non-hydrogen) atoms. The smallest absolute Gasteiger partial charge is 0.410 e. The van der Waals surface area contributed by atoms with Crippen LogP contribution in [-0.2, 0) is 11.8 Å². The predicted octanol–water partition coefficient (Wildman–Crippen LogP) is 1.83. The van der Waals surface area contributed by atoms with E-state index >= 15 is 0 Å². The van der Waals surface area contributed by atoms with Crippen molar-refractivity contribution in [1.29, 1.82) is 0 Å². The highest BCUT2D eigenvalue weighted by Crippen LogP contribution is 2.23. The Kier molecular flexibility index (Phi) is 5.87.